The first-order valence-corrected chi connectivity index (χ1v) is 9.91. The number of aromatic nitrogens is 4. The van der Waals surface area contributed by atoms with Crippen LogP contribution < -0.4 is 16.2 Å². The molecule has 144 valence electrons. The van der Waals surface area contributed by atoms with Crippen molar-refractivity contribution in [3.05, 3.63) is 28.7 Å². The highest BCUT2D eigenvalue weighted by Gasteiger charge is 2.38. The zero-order valence-electron chi connectivity index (χ0n) is 14.7. The fraction of sp³-hybridized carbons (Fsp3) is 0.562. The maximum Gasteiger partial charge on any atom is 0.261 e. The number of amides is 2. The summed E-state index contributed by atoms with van der Waals surface area (Å²) in [6.45, 7) is 2.51. The first-order valence-electron chi connectivity index (χ1n) is 9.03. The molecule has 4 heterocycles. The Kier molecular flexibility index (Phi) is 5.41. The van der Waals surface area contributed by atoms with E-state index in [1.807, 2.05) is 22.4 Å². The van der Waals surface area contributed by atoms with Gasteiger partial charge in [0.1, 0.15) is 12.5 Å². The van der Waals surface area contributed by atoms with E-state index < -0.39 is 0 Å². The number of rotatable bonds is 5. The molecule has 2 aromatic heterocycles. The molecule has 2 fully saturated rings. The number of piperidine rings is 1. The van der Waals surface area contributed by atoms with Gasteiger partial charge in [-0.1, -0.05) is 6.07 Å². The quantitative estimate of drug-likeness (QED) is 0.637. The smallest absolute Gasteiger partial charge is 0.261 e. The van der Waals surface area contributed by atoms with E-state index >= 15 is 0 Å². The van der Waals surface area contributed by atoms with Crippen LogP contribution in [0.1, 0.15) is 28.7 Å². The molecular weight excluding hydrogens is 368 g/mol. The molecule has 0 spiro atoms. The van der Waals surface area contributed by atoms with Crippen LogP contribution in [-0.4, -0.2) is 63.1 Å². The lowest BCUT2D eigenvalue weighted by Crippen LogP contribution is -2.47. The summed E-state index contributed by atoms with van der Waals surface area (Å²) >= 11 is 1.43. The van der Waals surface area contributed by atoms with Gasteiger partial charge in [-0.15, -0.1) is 16.4 Å². The molecule has 10 nitrogen and oxygen atoms in total. The summed E-state index contributed by atoms with van der Waals surface area (Å²) in [5.74, 6) is 0.0343. The van der Waals surface area contributed by atoms with Crippen LogP contribution in [0.2, 0.25) is 0 Å². The van der Waals surface area contributed by atoms with Crippen molar-refractivity contribution in [2.75, 3.05) is 26.2 Å². The summed E-state index contributed by atoms with van der Waals surface area (Å²) in [6, 6.07) is 3.68. The van der Waals surface area contributed by atoms with Gasteiger partial charge in [-0.2, -0.15) is 0 Å². The minimum Gasteiger partial charge on any atom is -0.351 e. The van der Waals surface area contributed by atoms with Crippen molar-refractivity contribution >= 4 is 23.2 Å². The second-order valence-electron chi connectivity index (χ2n) is 6.85. The van der Waals surface area contributed by atoms with Crippen molar-refractivity contribution < 1.29 is 9.59 Å². The van der Waals surface area contributed by atoms with E-state index in [0.29, 0.717) is 24.5 Å². The molecule has 11 heteroatoms. The van der Waals surface area contributed by atoms with Crippen LogP contribution >= 0.6 is 11.3 Å². The number of nitrogens with zero attached hydrogens (tertiary/aromatic N) is 5. The summed E-state index contributed by atoms with van der Waals surface area (Å²) in [5, 5.41) is 16.1. The SMILES string of the molecule is O=C(NCC1CCCN(C(=O)C2CNNC2n2cnnn2)C1)c1cccs1. The van der Waals surface area contributed by atoms with Crippen molar-refractivity contribution in [2.45, 2.75) is 19.0 Å². The Bertz CT molecular complexity index is 765. The second kappa shape index (κ2) is 8.11. The molecule has 2 aromatic rings. The molecule has 2 saturated heterocycles. The molecular formula is C16H22N8O2S. The molecule has 3 atom stereocenters. The Labute approximate surface area is 160 Å². The van der Waals surface area contributed by atoms with Gasteiger partial charge in [-0.25, -0.2) is 10.1 Å². The van der Waals surface area contributed by atoms with E-state index in [1.165, 1.54) is 17.7 Å². The molecule has 0 saturated carbocycles. The van der Waals surface area contributed by atoms with Gasteiger partial charge < -0.3 is 10.2 Å². The third kappa shape index (κ3) is 3.99. The van der Waals surface area contributed by atoms with E-state index in [-0.39, 0.29) is 29.8 Å². The molecule has 2 amide bonds. The maximum absolute atomic E-state index is 13.1. The van der Waals surface area contributed by atoms with E-state index in [1.54, 1.807) is 4.68 Å². The van der Waals surface area contributed by atoms with Crippen molar-refractivity contribution in [3.8, 4) is 0 Å². The van der Waals surface area contributed by atoms with Crippen molar-refractivity contribution in [2.24, 2.45) is 11.8 Å². The number of hydrazine groups is 1. The number of carbonyl (C=O) groups is 2. The highest BCUT2D eigenvalue weighted by atomic mass is 32.1. The Morgan fingerprint density at radius 1 is 1.41 bits per heavy atom. The molecule has 2 aliphatic rings. The van der Waals surface area contributed by atoms with E-state index in [2.05, 4.69) is 31.7 Å². The van der Waals surface area contributed by atoms with Crippen molar-refractivity contribution in [1.29, 1.82) is 0 Å². The summed E-state index contributed by atoms with van der Waals surface area (Å²) in [4.78, 5) is 27.8. The molecule has 3 N–H and O–H groups in total. The summed E-state index contributed by atoms with van der Waals surface area (Å²) in [5.41, 5.74) is 6.09. The standard InChI is InChI=1S/C16H22N8O2S/c25-15(13-4-2-6-27-13)17-7-11-3-1-5-23(9-11)16(26)12-8-18-20-14(12)24-10-19-21-22-24/h2,4,6,10-12,14,18,20H,1,3,5,7-9H2,(H,17,25). The molecule has 0 aromatic carbocycles. The molecule has 2 aliphatic heterocycles. The first kappa shape index (κ1) is 18.0. The lowest BCUT2D eigenvalue weighted by atomic mass is 9.96. The zero-order chi connectivity index (χ0) is 18.6. The average molecular weight is 390 g/mol. The van der Waals surface area contributed by atoms with Crippen LogP contribution in [0.25, 0.3) is 0 Å². The highest BCUT2D eigenvalue weighted by Crippen LogP contribution is 2.24. The van der Waals surface area contributed by atoms with E-state index in [9.17, 15) is 9.59 Å². The van der Waals surface area contributed by atoms with Gasteiger partial charge in [-0.05, 0) is 40.6 Å². The largest absolute Gasteiger partial charge is 0.351 e. The molecule has 4 rings (SSSR count). The number of nitrogens with one attached hydrogen (secondary N) is 3. The van der Waals surface area contributed by atoms with Gasteiger partial charge in [0.25, 0.3) is 5.91 Å². The zero-order valence-corrected chi connectivity index (χ0v) is 15.6. The predicted octanol–water partition coefficient (Wildman–Crippen LogP) is -0.374. The van der Waals surface area contributed by atoms with E-state index in [0.717, 1.165) is 19.4 Å². The Morgan fingerprint density at radius 2 is 2.33 bits per heavy atom. The number of hydrogen-bond donors (Lipinski definition) is 3. The van der Waals surface area contributed by atoms with Crippen LogP contribution in [-0.2, 0) is 4.79 Å². The van der Waals surface area contributed by atoms with Crippen molar-refractivity contribution in [1.82, 2.24) is 41.3 Å². The van der Waals surface area contributed by atoms with E-state index in [4.69, 9.17) is 0 Å². The van der Waals surface area contributed by atoms with Gasteiger partial charge in [0.15, 0.2) is 0 Å². The van der Waals surface area contributed by atoms with Crippen LogP contribution in [0.15, 0.2) is 23.8 Å². The second-order valence-corrected chi connectivity index (χ2v) is 7.79. The summed E-state index contributed by atoms with van der Waals surface area (Å²) < 4.78 is 1.56. The molecule has 0 bridgehead atoms. The summed E-state index contributed by atoms with van der Waals surface area (Å²) in [6.07, 6.45) is 3.15. The van der Waals surface area contributed by atoms with Gasteiger partial charge in [0.2, 0.25) is 5.91 Å². The Morgan fingerprint density at radius 3 is 3.11 bits per heavy atom. The molecule has 3 unspecified atom stereocenters. The first-order chi connectivity index (χ1) is 13.2. The number of carbonyl (C=O) groups excluding carboxylic acids is 2. The van der Waals surface area contributed by atoms with Crippen LogP contribution in [0.3, 0.4) is 0 Å². The Balaban J connectivity index is 1.33. The van der Waals surface area contributed by atoms with Crippen LogP contribution in [0.4, 0.5) is 0 Å². The third-order valence-corrected chi connectivity index (χ3v) is 5.92. The number of likely N-dealkylation sites (tertiary alicyclic amines) is 1. The average Bonchev–Trinajstić information content (AvgIpc) is 3.46. The van der Waals surface area contributed by atoms with Gasteiger partial charge >= 0.3 is 0 Å². The number of tetrazole rings is 1. The van der Waals surface area contributed by atoms with Gasteiger partial charge in [-0.3, -0.25) is 15.0 Å². The maximum atomic E-state index is 13.1. The van der Waals surface area contributed by atoms with Crippen LogP contribution in [0, 0.1) is 11.8 Å². The fourth-order valence-electron chi connectivity index (χ4n) is 3.65. The van der Waals surface area contributed by atoms with Crippen molar-refractivity contribution in [3.63, 3.8) is 0 Å². The monoisotopic (exact) mass is 390 g/mol. The third-order valence-electron chi connectivity index (χ3n) is 5.05. The topological polar surface area (TPSA) is 117 Å². The fourth-order valence-corrected chi connectivity index (χ4v) is 4.29. The van der Waals surface area contributed by atoms with Gasteiger partial charge in [0.05, 0.1) is 10.8 Å². The minimum absolute atomic E-state index is 0.0450. The number of thiophene rings is 1. The predicted molar refractivity (Wildman–Crippen MR) is 97.4 cm³/mol. The molecule has 0 radical (unpaired) electrons. The Hall–Kier alpha value is -2.37. The lowest BCUT2D eigenvalue weighted by Gasteiger charge is -2.35. The lowest BCUT2D eigenvalue weighted by molar-refractivity contribution is -0.138. The highest BCUT2D eigenvalue weighted by molar-refractivity contribution is 7.12. The minimum atomic E-state index is -0.300. The number of hydrogen-bond acceptors (Lipinski definition) is 8. The van der Waals surface area contributed by atoms with Crippen LogP contribution in [0.5, 0.6) is 0 Å². The normalized spacial score (nSPS) is 25.5. The molecule has 0 aliphatic carbocycles. The van der Waals surface area contributed by atoms with Gasteiger partial charge in [0, 0.05) is 26.2 Å². The molecule has 27 heavy (non-hydrogen) atoms. The summed E-state index contributed by atoms with van der Waals surface area (Å²) in [7, 11) is 0.